The van der Waals surface area contributed by atoms with Crippen LogP contribution in [-0.4, -0.2) is 26.0 Å². The van der Waals surface area contributed by atoms with Gasteiger partial charge in [-0.3, -0.25) is 0 Å². The van der Waals surface area contributed by atoms with Crippen molar-refractivity contribution >= 4 is 9.84 Å². The molecule has 1 heterocycles. The second kappa shape index (κ2) is 4.73. The second-order valence-corrected chi connectivity index (χ2v) is 10.0. The average molecular weight is 320 g/mol. The fourth-order valence-corrected chi connectivity index (χ4v) is 7.61. The molecule has 1 aromatic rings. The molecule has 3 nitrogen and oxygen atoms in total. The van der Waals surface area contributed by atoms with Crippen molar-refractivity contribution in [2.75, 3.05) is 12.9 Å². The zero-order chi connectivity index (χ0) is 15.5. The third kappa shape index (κ3) is 1.82. The van der Waals surface area contributed by atoms with Gasteiger partial charge in [-0.25, -0.2) is 8.42 Å². The molecule has 0 bridgehead atoms. The quantitative estimate of drug-likeness (QED) is 0.797. The largest absolute Gasteiger partial charge is 0.497 e. The molecule has 0 radical (unpaired) electrons. The number of hydrogen-bond acceptors (Lipinski definition) is 3. The highest BCUT2D eigenvalue weighted by molar-refractivity contribution is 7.93. The first-order valence-corrected chi connectivity index (χ1v) is 10.0. The van der Waals surface area contributed by atoms with Crippen molar-refractivity contribution in [2.45, 2.75) is 49.7 Å². The fourth-order valence-electron chi connectivity index (χ4n) is 5.39. The van der Waals surface area contributed by atoms with Gasteiger partial charge in [-0.15, -0.1) is 0 Å². The van der Waals surface area contributed by atoms with Crippen LogP contribution in [0.1, 0.15) is 49.7 Å². The van der Waals surface area contributed by atoms with Gasteiger partial charge in [0.25, 0.3) is 0 Å². The van der Waals surface area contributed by atoms with Crippen LogP contribution in [0.5, 0.6) is 5.75 Å². The Morgan fingerprint density at radius 3 is 2.82 bits per heavy atom. The molecule has 1 saturated carbocycles. The van der Waals surface area contributed by atoms with Gasteiger partial charge in [-0.2, -0.15) is 0 Å². The highest BCUT2D eigenvalue weighted by Gasteiger charge is 2.58. The second-order valence-electron chi connectivity index (χ2n) is 7.44. The maximum atomic E-state index is 12.5. The molecule has 120 valence electrons. The van der Waals surface area contributed by atoms with Gasteiger partial charge in [0.2, 0.25) is 0 Å². The van der Waals surface area contributed by atoms with Crippen molar-refractivity contribution in [3.8, 4) is 5.75 Å². The van der Waals surface area contributed by atoms with Crippen LogP contribution in [0.4, 0.5) is 0 Å². The van der Waals surface area contributed by atoms with Crippen LogP contribution in [-0.2, 0) is 16.3 Å². The van der Waals surface area contributed by atoms with Crippen LogP contribution in [0.15, 0.2) is 18.2 Å². The van der Waals surface area contributed by atoms with Crippen LogP contribution in [0.2, 0.25) is 0 Å². The van der Waals surface area contributed by atoms with Crippen molar-refractivity contribution in [2.24, 2.45) is 11.8 Å². The zero-order valence-electron chi connectivity index (χ0n) is 13.3. The number of rotatable bonds is 1. The van der Waals surface area contributed by atoms with Gasteiger partial charge in [0.05, 0.1) is 17.6 Å². The number of ether oxygens (including phenoxy) is 1. The van der Waals surface area contributed by atoms with Crippen molar-refractivity contribution in [1.82, 2.24) is 0 Å². The molecule has 1 aromatic carbocycles. The minimum atomic E-state index is -2.91. The summed E-state index contributed by atoms with van der Waals surface area (Å²) in [7, 11) is -1.19. The molecule has 0 N–H and O–H groups in total. The number of methoxy groups -OCH3 is 1. The van der Waals surface area contributed by atoms with Crippen LogP contribution < -0.4 is 4.74 Å². The molecule has 0 spiro atoms. The number of benzene rings is 1. The lowest BCUT2D eigenvalue weighted by Gasteiger charge is -2.48. The van der Waals surface area contributed by atoms with Gasteiger partial charge >= 0.3 is 0 Å². The molecule has 0 aromatic heterocycles. The summed E-state index contributed by atoms with van der Waals surface area (Å²) in [4.78, 5) is 0. The number of aryl methyl sites for hydroxylation is 1. The molecule has 4 heteroatoms. The molecule has 4 rings (SSSR count). The normalized spacial score (nSPS) is 38.7. The van der Waals surface area contributed by atoms with E-state index < -0.39 is 14.6 Å². The molecule has 1 saturated heterocycles. The summed E-state index contributed by atoms with van der Waals surface area (Å²) in [5.41, 5.74) is 2.86. The molecular weight excluding hydrogens is 296 g/mol. The lowest BCUT2D eigenvalue weighted by atomic mass is 9.59. The predicted octanol–water partition coefficient (Wildman–Crippen LogP) is 3.33. The van der Waals surface area contributed by atoms with E-state index >= 15 is 0 Å². The molecule has 0 unspecified atom stereocenters. The van der Waals surface area contributed by atoms with Crippen molar-refractivity contribution < 1.29 is 13.2 Å². The Labute approximate surface area is 133 Å². The number of fused-ring (bicyclic) bond motifs is 5. The van der Waals surface area contributed by atoms with E-state index in [9.17, 15) is 8.42 Å². The third-order valence-electron chi connectivity index (χ3n) is 6.67. The Morgan fingerprint density at radius 1 is 1.23 bits per heavy atom. The Bertz CT molecular complexity index is 709. The van der Waals surface area contributed by atoms with E-state index in [4.69, 9.17) is 4.74 Å². The first-order valence-electron chi connectivity index (χ1n) is 8.35. The molecular formula is C18H24O3S. The molecule has 0 amide bonds. The standard InChI is InChI=1S/C18H24O3S/c1-18-9-7-15-14-6-4-13(21-2)11-12(14)3-5-16(15)17(18)8-10-22(18,19)20/h4,6,11,15-17H,3,5,7-10H2,1-2H3/t15-,16+,17+,18+/m1/s1. The lowest BCUT2D eigenvalue weighted by Crippen LogP contribution is -2.47. The molecule has 22 heavy (non-hydrogen) atoms. The summed E-state index contributed by atoms with van der Waals surface area (Å²) in [5.74, 6) is 2.76. The molecule has 4 atom stereocenters. The molecule has 3 aliphatic rings. The van der Waals surface area contributed by atoms with Gasteiger partial charge in [0, 0.05) is 0 Å². The van der Waals surface area contributed by atoms with E-state index in [1.807, 2.05) is 6.92 Å². The highest BCUT2D eigenvalue weighted by Crippen LogP contribution is 2.57. The summed E-state index contributed by atoms with van der Waals surface area (Å²) >= 11 is 0. The van der Waals surface area contributed by atoms with Gasteiger partial charge in [0.1, 0.15) is 5.75 Å². The maximum Gasteiger partial charge on any atom is 0.156 e. The topological polar surface area (TPSA) is 43.4 Å². The van der Waals surface area contributed by atoms with Gasteiger partial charge < -0.3 is 4.74 Å². The summed E-state index contributed by atoms with van der Waals surface area (Å²) < 4.78 is 29.9. The van der Waals surface area contributed by atoms with Gasteiger partial charge in [0.15, 0.2) is 9.84 Å². The molecule has 2 aliphatic carbocycles. The van der Waals surface area contributed by atoms with Crippen LogP contribution >= 0.6 is 0 Å². The predicted molar refractivity (Wildman–Crippen MR) is 87.1 cm³/mol. The van der Waals surface area contributed by atoms with Crippen molar-refractivity contribution in [3.63, 3.8) is 0 Å². The first-order chi connectivity index (χ1) is 10.5. The van der Waals surface area contributed by atoms with Crippen molar-refractivity contribution in [1.29, 1.82) is 0 Å². The molecule has 1 aliphatic heterocycles. The summed E-state index contributed by atoms with van der Waals surface area (Å²) in [6.07, 6.45) is 4.88. The van der Waals surface area contributed by atoms with E-state index in [1.165, 1.54) is 11.1 Å². The number of hydrogen-bond donors (Lipinski definition) is 0. The van der Waals surface area contributed by atoms with Crippen molar-refractivity contribution in [3.05, 3.63) is 29.3 Å². The minimum absolute atomic E-state index is 0.353. The maximum absolute atomic E-state index is 12.5. The Hall–Kier alpha value is -1.03. The minimum Gasteiger partial charge on any atom is -0.497 e. The summed E-state index contributed by atoms with van der Waals surface area (Å²) in [6.45, 7) is 2.01. The van der Waals surface area contributed by atoms with Crippen LogP contribution in [0, 0.1) is 11.8 Å². The van der Waals surface area contributed by atoms with E-state index in [0.29, 0.717) is 23.5 Å². The zero-order valence-corrected chi connectivity index (χ0v) is 14.2. The van der Waals surface area contributed by atoms with Crippen LogP contribution in [0.3, 0.4) is 0 Å². The van der Waals surface area contributed by atoms with Crippen LogP contribution in [0.25, 0.3) is 0 Å². The van der Waals surface area contributed by atoms with E-state index in [2.05, 4.69) is 18.2 Å². The van der Waals surface area contributed by atoms with E-state index in [1.54, 1.807) is 7.11 Å². The highest BCUT2D eigenvalue weighted by atomic mass is 32.2. The third-order valence-corrected chi connectivity index (χ3v) is 9.38. The van der Waals surface area contributed by atoms with Gasteiger partial charge in [-0.1, -0.05) is 6.07 Å². The summed E-state index contributed by atoms with van der Waals surface area (Å²) in [5, 5.41) is 0. The fraction of sp³-hybridized carbons (Fsp3) is 0.667. The van der Waals surface area contributed by atoms with E-state index in [-0.39, 0.29) is 0 Å². The lowest BCUT2D eigenvalue weighted by molar-refractivity contribution is 0.146. The first kappa shape index (κ1) is 14.6. The Balaban J connectivity index is 1.72. The SMILES string of the molecule is COc1ccc2c(c1)CC[C@H]1[C@@H]2CC[C@@]2(C)[C@H]1CCS2(=O)=O. The monoisotopic (exact) mass is 320 g/mol. The summed E-state index contributed by atoms with van der Waals surface area (Å²) in [6, 6.07) is 6.45. The Kier molecular flexibility index (Phi) is 3.13. The van der Waals surface area contributed by atoms with Gasteiger partial charge in [-0.05, 0) is 80.0 Å². The smallest absolute Gasteiger partial charge is 0.156 e. The Morgan fingerprint density at radius 2 is 2.05 bits per heavy atom. The number of sulfone groups is 1. The molecule has 2 fully saturated rings. The van der Waals surface area contributed by atoms with E-state index in [0.717, 1.165) is 37.9 Å². The average Bonchev–Trinajstić information content (AvgIpc) is 2.76.